The molecule has 18 heavy (non-hydrogen) atoms. The summed E-state index contributed by atoms with van der Waals surface area (Å²) in [6.45, 7) is 2.80. The van der Waals surface area contributed by atoms with Crippen molar-refractivity contribution < 1.29 is 4.74 Å². The van der Waals surface area contributed by atoms with Gasteiger partial charge in [-0.05, 0) is 43.3 Å². The second-order valence-electron chi connectivity index (χ2n) is 4.24. The van der Waals surface area contributed by atoms with Gasteiger partial charge in [-0.3, -0.25) is 4.98 Å². The summed E-state index contributed by atoms with van der Waals surface area (Å²) in [5.74, 6) is 0.879. The minimum Gasteiger partial charge on any atom is -0.497 e. The largest absolute Gasteiger partial charge is 0.497 e. The highest BCUT2D eigenvalue weighted by atomic mass is 16.5. The summed E-state index contributed by atoms with van der Waals surface area (Å²) in [5.41, 5.74) is 4.57. The number of hydrogen-bond donors (Lipinski definition) is 1. The Morgan fingerprint density at radius 1 is 1.22 bits per heavy atom. The van der Waals surface area contributed by atoms with Gasteiger partial charge in [0.25, 0.3) is 0 Å². The molecule has 3 heteroatoms. The lowest BCUT2D eigenvalue weighted by molar-refractivity contribution is 0.414. The second kappa shape index (κ2) is 5.65. The molecule has 0 radical (unpaired) electrons. The van der Waals surface area contributed by atoms with Crippen molar-refractivity contribution in [2.75, 3.05) is 14.2 Å². The molecule has 1 heterocycles. The van der Waals surface area contributed by atoms with E-state index >= 15 is 0 Å². The zero-order chi connectivity index (χ0) is 13.0. The molecular weight excluding hydrogens is 224 g/mol. The van der Waals surface area contributed by atoms with E-state index in [0.29, 0.717) is 0 Å². The van der Waals surface area contributed by atoms with E-state index in [1.165, 1.54) is 11.1 Å². The number of nitrogens with one attached hydrogen (secondary N) is 1. The Morgan fingerprint density at radius 2 is 2.06 bits per heavy atom. The van der Waals surface area contributed by atoms with Gasteiger partial charge in [0.2, 0.25) is 0 Å². The van der Waals surface area contributed by atoms with Gasteiger partial charge in [-0.15, -0.1) is 0 Å². The smallest absolute Gasteiger partial charge is 0.119 e. The first-order valence-electron chi connectivity index (χ1n) is 5.99. The van der Waals surface area contributed by atoms with E-state index in [1.54, 1.807) is 7.11 Å². The Hall–Kier alpha value is -1.87. The lowest BCUT2D eigenvalue weighted by atomic mass is 10.0. The Balaban J connectivity index is 2.45. The zero-order valence-corrected chi connectivity index (χ0v) is 11.0. The highest BCUT2D eigenvalue weighted by molar-refractivity contribution is 5.67. The third-order valence-electron chi connectivity index (χ3n) is 2.90. The molecule has 0 unspecified atom stereocenters. The van der Waals surface area contributed by atoms with Gasteiger partial charge in [-0.2, -0.15) is 0 Å². The van der Waals surface area contributed by atoms with Crippen LogP contribution in [0.1, 0.15) is 11.3 Å². The number of ether oxygens (including phenoxy) is 1. The van der Waals surface area contributed by atoms with Crippen molar-refractivity contribution in [3.63, 3.8) is 0 Å². The van der Waals surface area contributed by atoms with Gasteiger partial charge in [0.15, 0.2) is 0 Å². The Labute approximate surface area is 108 Å². The van der Waals surface area contributed by atoms with Gasteiger partial charge >= 0.3 is 0 Å². The molecule has 0 bridgehead atoms. The van der Waals surface area contributed by atoms with Crippen molar-refractivity contribution in [2.24, 2.45) is 0 Å². The fourth-order valence-corrected chi connectivity index (χ4v) is 1.94. The summed E-state index contributed by atoms with van der Waals surface area (Å²) in [6.07, 6.45) is 1.91. The van der Waals surface area contributed by atoms with Crippen LogP contribution in [0.15, 0.2) is 36.5 Å². The van der Waals surface area contributed by atoms with Crippen molar-refractivity contribution in [2.45, 2.75) is 13.5 Å². The van der Waals surface area contributed by atoms with E-state index in [0.717, 1.165) is 23.6 Å². The average molecular weight is 242 g/mol. The number of aromatic nitrogens is 1. The Morgan fingerprint density at radius 3 is 2.67 bits per heavy atom. The summed E-state index contributed by atoms with van der Waals surface area (Å²) in [7, 11) is 3.63. The minimum atomic E-state index is 0.806. The van der Waals surface area contributed by atoms with E-state index in [2.05, 4.69) is 28.5 Å². The molecule has 2 aromatic rings. The molecule has 0 aliphatic rings. The third kappa shape index (κ3) is 2.68. The lowest BCUT2D eigenvalue weighted by Gasteiger charge is -2.11. The van der Waals surface area contributed by atoms with E-state index in [1.807, 2.05) is 32.3 Å². The van der Waals surface area contributed by atoms with E-state index in [9.17, 15) is 0 Å². The number of rotatable bonds is 4. The zero-order valence-electron chi connectivity index (χ0n) is 11.0. The summed E-state index contributed by atoms with van der Waals surface area (Å²) in [6, 6.07) is 10.3. The van der Waals surface area contributed by atoms with Crippen LogP contribution in [0.5, 0.6) is 5.75 Å². The van der Waals surface area contributed by atoms with Crippen molar-refractivity contribution in [1.29, 1.82) is 0 Å². The molecule has 2 rings (SSSR count). The van der Waals surface area contributed by atoms with Gasteiger partial charge in [0.05, 0.1) is 7.11 Å². The molecule has 0 amide bonds. The minimum absolute atomic E-state index is 0.806. The van der Waals surface area contributed by atoms with Gasteiger partial charge in [0.1, 0.15) is 5.75 Å². The van der Waals surface area contributed by atoms with Gasteiger partial charge in [-0.1, -0.05) is 12.1 Å². The highest BCUT2D eigenvalue weighted by Gasteiger charge is 2.06. The molecule has 1 aromatic heterocycles. The quantitative estimate of drug-likeness (QED) is 0.895. The van der Waals surface area contributed by atoms with Crippen LogP contribution < -0.4 is 10.1 Å². The lowest BCUT2D eigenvalue weighted by Crippen LogP contribution is -2.06. The molecule has 0 aliphatic carbocycles. The first-order valence-corrected chi connectivity index (χ1v) is 5.99. The van der Waals surface area contributed by atoms with Crippen molar-refractivity contribution in [3.8, 4) is 16.9 Å². The third-order valence-corrected chi connectivity index (χ3v) is 2.90. The number of methoxy groups -OCH3 is 1. The average Bonchev–Trinajstić information content (AvgIpc) is 2.40. The summed E-state index contributed by atoms with van der Waals surface area (Å²) in [4.78, 5) is 4.35. The number of pyridine rings is 1. The Bertz CT molecular complexity index is 521. The molecule has 0 atom stereocenters. The SMILES string of the molecule is CNCc1cc(OC)ccc1-c1ccc(C)nc1. The standard InChI is InChI=1S/C15H18N2O/c1-11-4-5-12(10-17-11)15-7-6-14(18-3)8-13(15)9-16-2/h4-8,10,16H,9H2,1-3H3. The molecule has 0 spiro atoms. The van der Waals surface area contributed by atoms with Crippen LogP contribution in [-0.2, 0) is 6.54 Å². The van der Waals surface area contributed by atoms with Gasteiger partial charge in [0, 0.05) is 24.0 Å². The monoisotopic (exact) mass is 242 g/mol. The fourth-order valence-electron chi connectivity index (χ4n) is 1.94. The maximum atomic E-state index is 5.27. The second-order valence-corrected chi connectivity index (χ2v) is 4.24. The van der Waals surface area contributed by atoms with E-state index in [4.69, 9.17) is 4.74 Å². The van der Waals surface area contributed by atoms with Gasteiger partial charge in [-0.25, -0.2) is 0 Å². The number of hydrogen-bond acceptors (Lipinski definition) is 3. The molecule has 1 aromatic carbocycles. The number of aryl methyl sites for hydroxylation is 1. The summed E-state index contributed by atoms with van der Waals surface area (Å²) in [5, 5.41) is 3.18. The van der Waals surface area contributed by atoms with Crippen LogP contribution in [0.2, 0.25) is 0 Å². The van der Waals surface area contributed by atoms with Crippen molar-refractivity contribution in [1.82, 2.24) is 10.3 Å². The topological polar surface area (TPSA) is 34.1 Å². The predicted molar refractivity (Wildman–Crippen MR) is 73.7 cm³/mol. The van der Waals surface area contributed by atoms with Crippen LogP contribution in [0.25, 0.3) is 11.1 Å². The van der Waals surface area contributed by atoms with Crippen molar-refractivity contribution in [3.05, 3.63) is 47.8 Å². The first kappa shape index (κ1) is 12.6. The maximum absolute atomic E-state index is 5.27. The summed E-state index contributed by atoms with van der Waals surface area (Å²) >= 11 is 0. The van der Waals surface area contributed by atoms with Crippen LogP contribution in [0.3, 0.4) is 0 Å². The predicted octanol–water partition coefficient (Wildman–Crippen LogP) is 2.79. The number of benzene rings is 1. The van der Waals surface area contributed by atoms with E-state index < -0.39 is 0 Å². The van der Waals surface area contributed by atoms with Crippen LogP contribution in [0, 0.1) is 6.92 Å². The molecule has 0 saturated carbocycles. The molecule has 1 N–H and O–H groups in total. The maximum Gasteiger partial charge on any atom is 0.119 e. The van der Waals surface area contributed by atoms with Crippen molar-refractivity contribution >= 4 is 0 Å². The molecule has 3 nitrogen and oxygen atoms in total. The molecular formula is C15H18N2O. The van der Waals surface area contributed by atoms with Crippen LogP contribution in [0.4, 0.5) is 0 Å². The van der Waals surface area contributed by atoms with E-state index in [-0.39, 0.29) is 0 Å². The fraction of sp³-hybridized carbons (Fsp3) is 0.267. The van der Waals surface area contributed by atoms with Gasteiger partial charge < -0.3 is 10.1 Å². The summed E-state index contributed by atoms with van der Waals surface area (Å²) < 4.78 is 5.27. The molecule has 0 fully saturated rings. The normalized spacial score (nSPS) is 10.4. The van der Waals surface area contributed by atoms with Crippen LogP contribution in [-0.4, -0.2) is 19.1 Å². The van der Waals surface area contributed by atoms with Crippen LogP contribution >= 0.6 is 0 Å². The molecule has 0 saturated heterocycles. The first-order chi connectivity index (χ1) is 8.74. The highest BCUT2D eigenvalue weighted by Crippen LogP contribution is 2.27. The number of nitrogens with zero attached hydrogens (tertiary/aromatic N) is 1. The molecule has 94 valence electrons. The molecule has 0 aliphatic heterocycles. The Kier molecular flexibility index (Phi) is 3.95.